The van der Waals surface area contributed by atoms with Gasteiger partial charge in [0.15, 0.2) is 0 Å². The average molecular weight is 280 g/mol. The third kappa shape index (κ3) is 2.31. The van der Waals surface area contributed by atoms with Gasteiger partial charge in [0.2, 0.25) is 0 Å². The van der Waals surface area contributed by atoms with Crippen molar-refractivity contribution in [2.75, 3.05) is 0 Å². The molecule has 2 aromatic heterocycles. The van der Waals surface area contributed by atoms with E-state index in [1.807, 2.05) is 6.07 Å². The molecule has 0 amide bonds. The van der Waals surface area contributed by atoms with Gasteiger partial charge in [-0.3, -0.25) is 4.98 Å². The van der Waals surface area contributed by atoms with Gasteiger partial charge in [-0.25, -0.2) is 4.98 Å². The zero-order chi connectivity index (χ0) is 13.5. The summed E-state index contributed by atoms with van der Waals surface area (Å²) < 4.78 is 38.6. The first-order chi connectivity index (χ1) is 9.04. The van der Waals surface area contributed by atoms with Crippen molar-refractivity contribution in [3.63, 3.8) is 0 Å². The maximum absolute atomic E-state index is 12.6. The summed E-state index contributed by atoms with van der Waals surface area (Å²) >= 11 is 1.35. The van der Waals surface area contributed by atoms with Crippen LogP contribution in [-0.4, -0.2) is 9.97 Å². The lowest BCUT2D eigenvalue weighted by Crippen LogP contribution is -2.03. The number of pyridine rings is 1. The molecule has 0 fully saturated rings. The zero-order valence-corrected chi connectivity index (χ0v) is 10.3. The van der Waals surface area contributed by atoms with E-state index in [1.165, 1.54) is 17.4 Å². The van der Waals surface area contributed by atoms with Gasteiger partial charge < -0.3 is 0 Å². The fourth-order valence-corrected chi connectivity index (χ4v) is 2.65. The summed E-state index contributed by atoms with van der Waals surface area (Å²) in [6.07, 6.45) is -1.06. The maximum atomic E-state index is 12.6. The van der Waals surface area contributed by atoms with E-state index in [2.05, 4.69) is 9.97 Å². The van der Waals surface area contributed by atoms with Crippen molar-refractivity contribution in [3.8, 4) is 10.6 Å². The third-order valence-electron chi connectivity index (χ3n) is 2.62. The first-order valence-corrected chi connectivity index (χ1v) is 6.24. The third-order valence-corrected chi connectivity index (χ3v) is 3.71. The number of hydrogen-bond acceptors (Lipinski definition) is 3. The van der Waals surface area contributed by atoms with Gasteiger partial charge in [0.25, 0.3) is 0 Å². The Morgan fingerprint density at radius 2 is 1.95 bits per heavy atom. The molecule has 0 saturated carbocycles. The van der Waals surface area contributed by atoms with Crippen LogP contribution in [0.2, 0.25) is 0 Å². The molecule has 96 valence electrons. The molecule has 0 radical (unpaired) electrons. The summed E-state index contributed by atoms with van der Waals surface area (Å²) in [6, 6.07) is 7.20. The fourth-order valence-electron chi connectivity index (χ4n) is 1.72. The van der Waals surface area contributed by atoms with Gasteiger partial charge in [0, 0.05) is 18.0 Å². The Labute approximate surface area is 110 Å². The zero-order valence-electron chi connectivity index (χ0n) is 9.48. The van der Waals surface area contributed by atoms with Crippen LogP contribution in [-0.2, 0) is 6.18 Å². The molecule has 0 N–H and O–H groups in total. The van der Waals surface area contributed by atoms with Crippen LogP contribution in [0.5, 0.6) is 0 Å². The van der Waals surface area contributed by atoms with Crippen molar-refractivity contribution in [3.05, 3.63) is 48.3 Å². The van der Waals surface area contributed by atoms with Crippen LogP contribution in [0.15, 0.2) is 42.7 Å². The smallest absolute Gasteiger partial charge is 0.264 e. The van der Waals surface area contributed by atoms with Crippen LogP contribution in [0, 0.1) is 0 Å². The Morgan fingerprint density at radius 3 is 2.63 bits per heavy atom. The summed E-state index contributed by atoms with van der Waals surface area (Å²) in [5.41, 5.74) is 0.485. The molecule has 6 heteroatoms. The number of benzene rings is 1. The average Bonchev–Trinajstić information content (AvgIpc) is 2.81. The SMILES string of the molecule is FC(F)(F)c1ccc2sc(-c3cccnc3)nc2c1. The highest BCUT2D eigenvalue weighted by molar-refractivity contribution is 7.21. The number of thiazole rings is 1. The number of fused-ring (bicyclic) bond motifs is 1. The molecule has 19 heavy (non-hydrogen) atoms. The predicted molar refractivity (Wildman–Crippen MR) is 67.9 cm³/mol. The van der Waals surface area contributed by atoms with Crippen molar-refractivity contribution in [2.24, 2.45) is 0 Å². The van der Waals surface area contributed by atoms with Crippen LogP contribution < -0.4 is 0 Å². The number of alkyl halides is 3. The number of halogens is 3. The molecular weight excluding hydrogens is 273 g/mol. The first-order valence-electron chi connectivity index (χ1n) is 5.42. The van der Waals surface area contributed by atoms with Gasteiger partial charge in [-0.2, -0.15) is 13.2 Å². The second-order valence-electron chi connectivity index (χ2n) is 3.94. The standard InChI is InChI=1S/C13H7F3N2S/c14-13(15,16)9-3-4-11-10(6-9)18-12(19-11)8-2-1-5-17-7-8/h1-7H. The maximum Gasteiger partial charge on any atom is 0.416 e. The lowest BCUT2D eigenvalue weighted by molar-refractivity contribution is -0.137. The molecule has 0 atom stereocenters. The van der Waals surface area contributed by atoms with Crippen LogP contribution in [0.4, 0.5) is 13.2 Å². The number of aromatic nitrogens is 2. The van der Waals surface area contributed by atoms with E-state index < -0.39 is 11.7 Å². The summed E-state index contributed by atoms with van der Waals surface area (Å²) in [6.45, 7) is 0. The number of nitrogens with zero attached hydrogens (tertiary/aromatic N) is 2. The van der Waals surface area contributed by atoms with Gasteiger partial charge in [-0.05, 0) is 30.3 Å². The molecule has 2 nitrogen and oxygen atoms in total. The molecule has 0 aliphatic rings. The Bertz CT molecular complexity index is 720. The van der Waals surface area contributed by atoms with E-state index >= 15 is 0 Å². The molecule has 0 saturated heterocycles. The minimum absolute atomic E-state index is 0.360. The van der Waals surface area contributed by atoms with Crippen LogP contribution in [0.3, 0.4) is 0 Å². The molecule has 3 rings (SSSR count). The molecule has 0 spiro atoms. The van der Waals surface area contributed by atoms with Crippen LogP contribution >= 0.6 is 11.3 Å². The van der Waals surface area contributed by atoms with Gasteiger partial charge >= 0.3 is 6.18 Å². The van der Waals surface area contributed by atoms with E-state index in [-0.39, 0.29) is 0 Å². The topological polar surface area (TPSA) is 25.8 Å². The van der Waals surface area contributed by atoms with Gasteiger partial charge in [0.1, 0.15) is 5.01 Å². The Hall–Kier alpha value is -1.95. The first kappa shape index (κ1) is 12.1. The van der Waals surface area contributed by atoms with E-state index in [0.717, 1.165) is 22.4 Å². The highest BCUT2D eigenvalue weighted by atomic mass is 32.1. The highest BCUT2D eigenvalue weighted by Gasteiger charge is 2.30. The lowest BCUT2D eigenvalue weighted by atomic mass is 10.2. The molecule has 0 aliphatic heterocycles. The van der Waals surface area contributed by atoms with Gasteiger partial charge in [-0.15, -0.1) is 11.3 Å². The largest absolute Gasteiger partial charge is 0.416 e. The molecule has 0 bridgehead atoms. The van der Waals surface area contributed by atoms with Crippen molar-refractivity contribution >= 4 is 21.6 Å². The summed E-state index contributed by atoms with van der Waals surface area (Å²) in [5, 5.41) is 0.669. The molecular formula is C13H7F3N2S. The fraction of sp³-hybridized carbons (Fsp3) is 0.0769. The van der Waals surface area contributed by atoms with E-state index in [4.69, 9.17) is 0 Å². The van der Waals surface area contributed by atoms with Crippen molar-refractivity contribution in [2.45, 2.75) is 6.18 Å². The van der Waals surface area contributed by atoms with Crippen molar-refractivity contribution < 1.29 is 13.2 Å². The Balaban J connectivity index is 2.12. The highest BCUT2D eigenvalue weighted by Crippen LogP contribution is 2.35. The summed E-state index contributed by atoms with van der Waals surface area (Å²) in [4.78, 5) is 8.21. The summed E-state index contributed by atoms with van der Waals surface area (Å²) in [5.74, 6) is 0. The minimum Gasteiger partial charge on any atom is -0.264 e. The van der Waals surface area contributed by atoms with Crippen molar-refractivity contribution in [1.82, 2.24) is 9.97 Å². The second-order valence-corrected chi connectivity index (χ2v) is 4.97. The van der Waals surface area contributed by atoms with E-state index in [9.17, 15) is 13.2 Å². The van der Waals surface area contributed by atoms with Crippen LogP contribution in [0.25, 0.3) is 20.8 Å². The number of hydrogen-bond donors (Lipinski definition) is 0. The Kier molecular flexibility index (Phi) is 2.74. The predicted octanol–water partition coefficient (Wildman–Crippen LogP) is 4.38. The minimum atomic E-state index is -4.34. The quantitative estimate of drug-likeness (QED) is 0.661. The molecule has 2 heterocycles. The van der Waals surface area contributed by atoms with E-state index in [0.29, 0.717) is 10.5 Å². The van der Waals surface area contributed by atoms with Crippen molar-refractivity contribution in [1.29, 1.82) is 0 Å². The molecule has 0 aliphatic carbocycles. The number of rotatable bonds is 1. The van der Waals surface area contributed by atoms with E-state index in [1.54, 1.807) is 18.5 Å². The second kappa shape index (κ2) is 4.31. The summed E-state index contributed by atoms with van der Waals surface area (Å²) in [7, 11) is 0. The van der Waals surface area contributed by atoms with Gasteiger partial charge in [-0.1, -0.05) is 0 Å². The molecule has 3 aromatic rings. The van der Waals surface area contributed by atoms with Crippen LogP contribution in [0.1, 0.15) is 5.56 Å². The molecule has 1 aromatic carbocycles. The Morgan fingerprint density at radius 1 is 1.11 bits per heavy atom. The normalized spacial score (nSPS) is 11.9. The van der Waals surface area contributed by atoms with Gasteiger partial charge in [0.05, 0.1) is 15.8 Å². The monoisotopic (exact) mass is 280 g/mol. The molecule has 0 unspecified atom stereocenters. The lowest BCUT2D eigenvalue weighted by Gasteiger charge is -2.04.